The first kappa shape index (κ1) is 35.0. The van der Waals surface area contributed by atoms with Crippen LogP contribution in [0.3, 0.4) is 0 Å². The van der Waals surface area contributed by atoms with Gasteiger partial charge in [-0.25, -0.2) is 8.78 Å². The summed E-state index contributed by atoms with van der Waals surface area (Å²) in [6.45, 7) is 11.9. The molecule has 0 radical (unpaired) electrons. The molecule has 3 aromatic carbocycles. The van der Waals surface area contributed by atoms with Crippen LogP contribution in [0.4, 0.5) is 8.78 Å². The average molecular weight is 681 g/mol. The van der Waals surface area contributed by atoms with Crippen LogP contribution in [-0.4, -0.2) is 41.6 Å². The standard InChI is InChI=1S/C38H41Cl2F2N3O2/c1-36(2,3)47-35(46)34-32(27-12-9-13-29(40)33(27)42)38(23-43,28-15-14-26(39)20-30(28)41)31(44-34)21-37(4,5)25-16-18-45(19-17-25)22-24-10-7-6-8-11-24/h6-16,20,31-32,34,44H,17-19,21-22H2,1-5H3/t31-,32-,34+,38-/m0/s1. The van der Waals surface area contributed by atoms with Gasteiger partial charge in [0.1, 0.15) is 28.7 Å². The van der Waals surface area contributed by atoms with Crippen molar-refractivity contribution >= 4 is 29.2 Å². The average Bonchev–Trinajstić information content (AvgIpc) is 3.32. The van der Waals surface area contributed by atoms with Crippen molar-refractivity contribution in [2.75, 3.05) is 13.1 Å². The minimum absolute atomic E-state index is 0.0276. The van der Waals surface area contributed by atoms with Crippen LogP contribution in [0.15, 0.2) is 78.4 Å². The molecule has 2 heterocycles. The minimum atomic E-state index is -1.74. The van der Waals surface area contributed by atoms with E-state index in [1.807, 2.05) is 18.2 Å². The van der Waals surface area contributed by atoms with Crippen molar-refractivity contribution in [1.82, 2.24) is 10.2 Å². The second-order valence-corrected chi connectivity index (χ2v) is 15.1. The first-order valence-corrected chi connectivity index (χ1v) is 16.7. The van der Waals surface area contributed by atoms with E-state index in [-0.39, 0.29) is 21.2 Å². The van der Waals surface area contributed by atoms with E-state index >= 15 is 8.78 Å². The van der Waals surface area contributed by atoms with Gasteiger partial charge in [0.05, 0.1) is 11.1 Å². The van der Waals surface area contributed by atoms with Crippen molar-refractivity contribution in [2.45, 2.75) is 83.0 Å². The summed E-state index contributed by atoms with van der Waals surface area (Å²) in [5, 5.41) is 14.6. The van der Waals surface area contributed by atoms with E-state index in [9.17, 15) is 10.1 Å². The summed E-state index contributed by atoms with van der Waals surface area (Å²) in [5.41, 5.74) is -0.569. The van der Waals surface area contributed by atoms with Crippen LogP contribution in [0, 0.1) is 28.4 Å². The highest BCUT2D eigenvalue weighted by Crippen LogP contribution is 2.54. The lowest BCUT2D eigenvalue weighted by molar-refractivity contribution is -0.157. The third-order valence-electron chi connectivity index (χ3n) is 9.42. The van der Waals surface area contributed by atoms with Gasteiger partial charge in [-0.1, -0.05) is 97.2 Å². The molecule has 0 aliphatic carbocycles. The molecule has 5 nitrogen and oxygen atoms in total. The largest absolute Gasteiger partial charge is 0.459 e. The number of nitrogens with zero attached hydrogens (tertiary/aromatic N) is 2. The molecule has 0 aromatic heterocycles. The number of hydrogen-bond donors (Lipinski definition) is 1. The van der Waals surface area contributed by atoms with Crippen molar-refractivity contribution in [2.24, 2.45) is 5.41 Å². The van der Waals surface area contributed by atoms with Crippen LogP contribution in [0.5, 0.6) is 0 Å². The molecule has 9 heteroatoms. The van der Waals surface area contributed by atoms with Gasteiger partial charge in [0, 0.05) is 42.2 Å². The Balaban J connectivity index is 1.59. The zero-order chi connectivity index (χ0) is 34.1. The van der Waals surface area contributed by atoms with Crippen LogP contribution in [-0.2, 0) is 21.5 Å². The Hall–Kier alpha value is -3.28. The summed E-state index contributed by atoms with van der Waals surface area (Å²) in [6, 6.07) is 19.4. The van der Waals surface area contributed by atoms with Gasteiger partial charge < -0.3 is 4.74 Å². The second kappa shape index (κ2) is 13.7. The fourth-order valence-electron chi connectivity index (χ4n) is 7.24. The summed E-state index contributed by atoms with van der Waals surface area (Å²) >= 11 is 12.4. The van der Waals surface area contributed by atoms with Gasteiger partial charge in [0.15, 0.2) is 0 Å². The van der Waals surface area contributed by atoms with Crippen LogP contribution in [0.1, 0.15) is 70.1 Å². The number of benzene rings is 3. The van der Waals surface area contributed by atoms with Gasteiger partial charge in [0.25, 0.3) is 0 Å². The molecule has 1 fully saturated rings. The molecular formula is C38H41Cl2F2N3O2. The molecule has 1 N–H and O–H groups in total. The van der Waals surface area contributed by atoms with Crippen LogP contribution in [0.2, 0.25) is 10.0 Å². The van der Waals surface area contributed by atoms with Crippen LogP contribution >= 0.6 is 23.2 Å². The lowest BCUT2D eigenvalue weighted by atomic mass is 9.61. The summed E-state index contributed by atoms with van der Waals surface area (Å²) in [7, 11) is 0. The molecule has 3 aromatic rings. The molecule has 2 aliphatic heterocycles. The van der Waals surface area contributed by atoms with E-state index in [0.29, 0.717) is 6.42 Å². The van der Waals surface area contributed by atoms with Gasteiger partial charge in [-0.3, -0.25) is 15.0 Å². The van der Waals surface area contributed by atoms with E-state index < -0.39 is 52.0 Å². The van der Waals surface area contributed by atoms with Gasteiger partial charge in [0.2, 0.25) is 0 Å². The van der Waals surface area contributed by atoms with E-state index in [4.69, 9.17) is 27.9 Å². The maximum absolute atomic E-state index is 16.1. The Morgan fingerprint density at radius 1 is 1.06 bits per heavy atom. The normalized spacial score (nSPS) is 23.7. The van der Waals surface area contributed by atoms with Gasteiger partial charge in [-0.2, -0.15) is 5.26 Å². The van der Waals surface area contributed by atoms with Gasteiger partial charge in [-0.15, -0.1) is 0 Å². The molecule has 0 spiro atoms. The lowest BCUT2D eigenvalue weighted by Gasteiger charge is -2.40. The topological polar surface area (TPSA) is 65.4 Å². The minimum Gasteiger partial charge on any atom is -0.459 e. The second-order valence-electron chi connectivity index (χ2n) is 14.2. The van der Waals surface area contributed by atoms with Crippen molar-refractivity contribution in [1.29, 1.82) is 5.26 Å². The Bertz CT molecular complexity index is 1700. The Morgan fingerprint density at radius 2 is 1.79 bits per heavy atom. The molecule has 4 atom stereocenters. The number of carbonyl (C=O) groups excluding carboxylic acids is 1. The molecule has 0 saturated carbocycles. The Kier molecular flexibility index (Phi) is 10.2. The fourth-order valence-corrected chi connectivity index (χ4v) is 7.58. The number of nitriles is 1. The quantitative estimate of drug-likeness (QED) is 0.191. The SMILES string of the molecule is CC(C)(C)OC(=O)[C@@H]1N[C@@H](CC(C)(C)C2=CCN(Cc3ccccc3)CC2)[C@](C#N)(c2ccc(Cl)cc2F)[C@H]1c1cccc(Cl)c1F. The monoisotopic (exact) mass is 679 g/mol. The molecular weight excluding hydrogens is 639 g/mol. The van der Waals surface area contributed by atoms with Crippen molar-refractivity contribution in [3.8, 4) is 6.07 Å². The first-order chi connectivity index (χ1) is 22.2. The number of ether oxygens (including phenoxy) is 1. The van der Waals surface area contributed by atoms with E-state index in [0.717, 1.165) is 32.1 Å². The summed E-state index contributed by atoms with van der Waals surface area (Å²) < 4.78 is 37.9. The van der Waals surface area contributed by atoms with Crippen molar-refractivity contribution in [3.05, 3.63) is 117 Å². The smallest absolute Gasteiger partial charge is 0.324 e. The summed E-state index contributed by atoms with van der Waals surface area (Å²) in [5.74, 6) is -3.32. The molecule has 0 amide bonds. The van der Waals surface area contributed by atoms with Gasteiger partial charge >= 0.3 is 5.97 Å². The number of rotatable bonds is 8. The highest BCUT2D eigenvalue weighted by atomic mass is 35.5. The third-order valence-corrected chi connectivity index (χ3v) is 9.95. The maximum Gasteiger partial charge on any atom is 0.324 e. The highest BCUT2D eigenvalue weighted by Gasteiger charge is 2.62. The molecule has 47 heavy (non-hydrogen) atoms. The molecule has 0 bridgehead atoms. The predicted molar refractivity (Wildman–Crippen MR) is 182 cm³/mol. The predicted octanol–water partition coefficient (Wildman–Crippen LogP) is 8.75. The number of halogens is 4. The fraction of sp³-hybridized carbons (Fsp3) is 0.421. The maximum atomic E-state index is 16.1. The van der Waals surface area contributed by atoms with Crippen molar-refractivity contribution in [3.63, 3.8) is 0 Å². The number of hydrogen-bond acceptors (Lipinski definition) is 5. The lowest BCUT2D eigenvalue weighted by Crippen LogP contribution is -2.46. The summed E-state index contributed by atoms with van der Waals surface area (Å²) in [6.07, 6.45) is 3.40. The van der Waals surface area contributed by atoms with E-state index in [1.54, 1.807) is 26.8 Å². The number of carbonyl (C=O) groups is 1. The number of esters is 1. The first-order valence-electron chi connectivity index (χ1n) is 15.9. The Labute approximate surface area is 286 Å². The highest BCUT2D eigenvalue weighted by molar-refractivity contribution is 6.31. The zero-order valence-electron chi connectivity index (χ0n) is 27.4. The van der Waals surface area contributed by atoms with E-state index in [2.05, 4.69) is 48.3 Å². The van der Waals surface area contributed by atoms with Crippen LogP contribution < -0.4 is 5.32 Å². The third kappa shape index (κ3) is 7.27. The van der Waals surface area contributed by atoms with Crippen molar-refractivity contribution < 1.29 is 18.3 Å². The van der Waals surface area contributed by atoms with E-state index in [1.165, 1.54) is 35.4 Å². The Morgan fingerprint density at radius 3 is 2.40 bits per heavy atom. The molecule has 2 aliphatic rings. The summed E-state index contributed by atoms with van der Waals surface area (Å²) in [4.78, 5) is 16.3. The van der Waals surface area contributed by atoms with Gasteiger partial charge in [-0.05, 0) is 68.4 Å². The number of nitrogens with one attached hydrogen (secondary N) is 1. The molecule has 0 unspecified atom stereocenters. The molecule has 1 saturated heterocycles. The zero-order valence-corrected chi connectivity index (χ0v) is 28.9. The molecule has 248 valence electrons. The molecule has 5 rings (SSSR count). The van der Waals surface area contributed by atoms with Crippen LogP contribution in [0.25, 0.3) is 0 Å².